The first-order valence-corrected chi connectivity index (χ1v) is 11.4. The Balaban J connectivity index is 1.85. The summed E-state index contributed by atoms with van der Waals surface area (Å²) < 4.78 is 11.3. The van der Waals surface area contributed by atoms with E-state index in [2.05, 4.69) is 62.5 Å². The molecule has 0 aliphatic heterocycles. The van der Waals surface area contributed by atoms with Crippen molar-refractivity contribution in [1.29, 1.82) is 0 Å². The van der Waals surface area contributed by atoms with Crippen LogP contribution < -0.4 is 5.32 Å². The average molecular weight is 424 g/mol. The molecule has 0 aliphatic carbocycles. The van der Waals surface area contributed by atoms with Gasteiger partial charge in [-0.3, -0.25) is 10.1 Å². The number of benzene rings is 2. The number of esters is 1. The zero-order valence-electron chi connectivity index (χ0n) is 19.1. The van der Waals surface area contributed by atoms with Gasteiger partial charge in [0.1, 0.15) is 6.04 Å². The first kappa shape index (κ1) is 24.8. The molecule has 3 atom stereocenters. The van der Waals surface area contributed by atoms with Crippen LogP contribution in [0.4, 0.5) is 0 Å². The van der Waals surface area contributed by atoms with E-state index in [0.717, 1.165) is 18.4 Å². The highest BCUT2D eigenvalue weighted by Crippen LogP contribution is 2.14. The van der Waals surface area contributed by atoms with Crippen LogP contribution in [0.5, 0.6) is 0 Å². The maximum atomic E-state index is 12.6. The fraction of sp³-hybridized carbons (Fsp3) is 0.444. The third kappa shape index (κ3) is 9.95. The van der Waals surface area contributed by atoms with Gasteiger partial charge in [-0.2, -0.15) is 0 Å². The number of unbranched alkanes of at least 4 members (excludes halogenated alkanes) is 1. The second-order valence-corrected chi connectivity index (χ2v) is 8.01. The van der Waals surface area contributed by atoms with Crippen LogP contribution in [-0.2, 0) is 20.9 Å². The van der Waals surface area contributed by atoms with Crippen LogP contribution >= 0.6 is 0 Å². The molecule has 0 amide bonds. The molecular weight excluding hydrogens is 386 g/mol. The van der Waals surface area contributed by atoms with E-state index in [1.165, 1.54) is 5.56 Å². The van der Waals surface area contributed by atoms with E-state index in [9.17, 15) is 4.79 Å². The summed E-state index contributed by atoms with van der Waals surface area (Å²) in [5.41, 5.74) is 2.33. The van der Waals surface area contributed by atoms with E-state index < -0.39 is 0 Å². The first-order valence-electron chi connectivity index (χ1n) is 11.4. The molecule has 0 spiro atoms. The van der Waals surface area contributed by atoms with Crippen molar-refractivity contribution in [1.82, 2.24) is 5.32 Å². The van der Waals surface area contributed by atoms with Crippen molar-refractivity contribution in [3.63, 3.8) is 0 Å². The lowest BCUT2D eigenvalue weighted by atomic mass is 10.1. The molecule has 0 saturated carbocycles. The van der Waals surface area contributed by atoms with Gasteiger partial charge in [0.15, 0.2) is 0 Å². The van der Waals surface area contributed by atoms with Crippen LogP contribution in [0, 0.1) is 5.92 Å². The van der Waals surface area contributed by atoms with Crippen LogP contribution in [0.15, 0.2) is 72.8 Å². The number of carbonyl (C=O) groups is 1. The van der Waals surface area contributed by atoms with Gasteiger partial charge in [0.05, 0.1) is 19.8 Å². The van der Waals surface area contributed by atoms with Gasteiger partial charge in [0.25, 0.3) is 0 Å². The van der Waals surface area contributed by atoms with Crippen LogP contribution in [0.2, 0.25) is 0 Å². The van der Waals surface area contributed by atoms with Gasteiger partial charge >= 0.3 is 5.97 Å². The van der Waals surface area contributed by atoms with E-state index in [-0.39, 0.29) is 24.0 Å². The number of hydrogen-bond donors (Lipinski definition) is 1. The van der Waals surface area contributed by atoms with Gasteiger partial charge in [-0.15, -0.1) is 0 Å². The maximum Gasteiger partial charge on any atom is 0.323 e. The van der Waals surface area contributed by atoms with Crippen molar-refractivity contribution in [2.45, 2.75) is 58.7 Å². The fourth-order valence-electron chi connectivity index (χ4n) is 3.23. The number of carbonyl (C=O) groups excluding carboxylic acids is 1. The summed E-state index contributed by atoms with van der Waals surface area (Å²) in [6, 6.07) is 20.0. The highest BCUT2D eigenvalue weighted by molar-refractivity contribution is 5.76. The molecule has 1 N–H and O–H groups in total. The quantitative estimate of drug-likeness (QED) is 0.235. The molecule has 0 unspecified atom stereocenters. The Morgan fingerprint density at radius 1 is 1.03 bits per heavy atom. The first-order chi connectivity index (χ1) is 15.1. The lowest BCUT2D eigenvalue weighted by molar-refractivity contribution is -0.146. The highest BCUT2D eigenvalue weighted by atomic mass is 16.5. The summed E-state index contributed by atoms with van der Waals surface area (Å²) in [6.07, 6.45) is 6.66. The minimum atomic E-state index is -0.374. The minimum absolute atomic E-state index is 0.0601. The molecule has 31 heavy (non-hydrogen) atoms. The fourth-order valence-corrected chi connectivity index (χ4v) is 3.23. The molecule has 2 rings (SSSR count). The number of rotatable bonds is 14. The third-order valence-corrected chi connectivity index (χ3v) is 5.11. The maximum absolute atomic E-state index is 12.6. The van der Waals surface area contributed by atoms with Gasteiger partial charge in [-0.25, -0.2) is 0 Å². The lowest BCUT2D eigenvalue weighted by Crippen LogP contribution is -2.39. The minimum Gasteiger partial charge on any atom is -0.465 e. The Bertz CT molecular complexity index is 761. The van der Waals surface area contributed by atoms with Crippen LogP contribution in [-0.4, -0.2) is 25.2 Å². The second kappa shape index (κ2) is 14.6. The molecule has 2 aromatic rings. The standard InChI is InChI=1S/C27H37NO3/c1-4-5-19-31-27(29)26(28-23(3)25-16-10-7-11-17-25)18-12-13-22(2)20-30-21-24-14-8-6-9-15-24/h6-17,22-23,26,28H,4-5,18-21H2,1-3H3/b13-12+/t22-,23-,26+/m1/s1. The van der Waals surface area contributed by atoms with Gasteiger partial charge in [0, 0.05) is 6.04 Å². The van der Waals surface area contributed by atoms with Gasteiger partial charge in [-0.05, 0) is 36.8 Å². The van der Waals surface area contributed by atoms with Gasteiger partial charge < -0.3 is 9.47 Å². The Morgan fingerprint density at radius 3 is 2.39 bits per heavy atom. The normalized spacial score (nSPS) is 14.3. The summed E-state index contributed by atoms with van der Waals surface area (Å²) >= 11 is 0. The SMILES string of the molecule is CCCCOC(=O)[C@H](C/C=C/[C@@H](C)COCc1ccccc1)N[C@H](C)c1ccccc1. The highest BCUT2D eigenvalue weighted by Gasteiger charge is 2.21. The van der Waals surface area contributed by atoms with Crippen molar-refractivity contribution < 1.29 is 14.3 Å². The number of ether oxygens (including phenoxy) is 2. The predicted octanol–water partition coefficient (Wildman–Crippen LogP) is 5.85. The van der Waals surface area contributed by atoms with Crippen molar-refractivity contribution in [2.75, 3.05) is 13.2 Å². The molecule has 4 nitrogen and oxygen atoms in total. The number of nitrogens with one attached hydrogen (secondary N) is 1. The molecule has 0 bridgehead atoms. The van der Waals surface area contributed by atoms with Crippen LogP contribution in [0.1, 0.15) is 57.2 Å². The topological polar surface area (TPSA) is 47.6 Å². The zero-order chi connectivity index (χ0) is 22.3. The van der Waals surface area contributed by atoms with Crippen molar-refractivity contribution in [2.24, 2.45) is 5.92 Å². The smallest absolute Gasteiger partial charge is 0.323 e. The molecule has 0 aromatic heterocycles. The Kier molecular flexibility index (Phi) is 11.7. The Morgan fingerprint density at radius 2 is 1.71 bits per heavy atom. The summed E-state index contributed by atoms with van der Waals surface area (Å²) in [4.78, 5) is 12.6. The summed E-state index contributed by atoms with van der Waals surface area (Å²) in [6.45, 7) is 8.01. The lowest BCUT2D eigenvalue weighted by Gasteiger charge is -2.22. The molecule has 0 saturated heterocycles. The molecule has 0 heterocycles. The van der Waals surface area contributed by atoms with Crippen LogP contribution in [0.3, 0.4) is 0 Å². The molecule has 0 fully saturated rings. The number of hydrogen-bond acceptors (Lipinski definition) is 4. The van der Waals surface area contributed by atoms with E-state index in [0.29, 0.717) is 26.2 Å². The zero-order valence-corrected chi connectivity index (χ0v) is 19.1. The van der Waals surface area contributed by atoms with Crippen molar-refractivity contribution in [3.8, 4) is 0 Å². The molecule has 168 valence electrons. The molecular formula is C27H37NO3. The second-order valence-electron chi connectivity index (χ2n) is 8.01. The van der Waals surface area contributed by atoms with Gasteiger partial charge in [0.2, 0.25) is 0 Å². The molecule has 4 heteroatoms. The monoisotopic (exact) mass is 423 g/mol. The van der Waals surface area contributed by atoms with Crippen LogP contribution in [0.25, 0.3) is 0 Å². The largest absolute Gasteiger partial charge is 0.465 e. The summed E-state index contributed by atoms with van der Waals surface area (Å²) in [7, 11) is 0. The Labute approximate surface area is 187 Å². The van der Waals surface area contributed by atoms with E-state index in [1.807, 2.05) is 36.4 Å². The van der Waals surface area contributed by atoms with Crippen molar-refractivity contribution >= 4 is 5.97 Å². The molecule has 2 aromatic carbocycles. The third-order valence-electron chi connectivity index (χ3n) is 5.11. The summed E-state index contributed by atoms with van der Waals surface area (Å²) in [5.74, 6) is 0.0842. The Hall–Kier alpha value is -2.43. The van der Waals surface area contributed by atoms with E-state index in [1.54, 1.807) is 0 Å². The predicted molar refractivity (Wildman–Crippen MR) is 127 cm³/mol. The molecule has 0 radical (unpaired) electrons. The van der Waals surface area contributed by atoms with Crippen molar-refractivity contribution in [3.05, 3.63) is 83.9 Å². The average Bonchev–Trinajstić information content (AvgIpc) is 2.79. The van der Waals surface area contributed by atoms with E-state index >= 15 is 0 Å². The molecule has 0 aliphatic rings. The van der Waals surface area contributed by atoms with Gasteiger partial charge in [-0.1, -0.05) is 93.1 Å². The summed E-state index contributed by atoms with van der Waals surface area (Å²) in [5, 5.41) is 3.44. The van der Waals surface area contributed by atoms with E-state index in [4.69, 9.17) is 9.47 Å².